The molecule has 1 saturated heterocycles. The zero-order valence-corrected chi connectivity index (χ0v) is 21.6. The van der Waals surface area contributed by atoms with Crippen LogP contribution in [-0.2, 0) is 22.5 Å². The third kappa shape index (κ3) is 5.78. The normalized spacial score (nSPS) is 19.3. The number of methoxy groups -OCH3 is 1. The predicted molar refractivity (Wildman–Crippen MR) is 137 cm³/mol. The molecule has 3 aromatic heterocycles. The van der Waals surface area contributed by atoms with Crippen LogP contribution in [0.2, 0.25) is 0 Å². The van der Waals surface area contributed by atoms with Crippen molar-refractivity contribution in [3.63, 3.8) is 0 Å². The first kappa shape index (κ1) is 26.1. The van der Waals surface area contributed by atoms with Gasteiger partial charge in [-0.1, -0.05) is 0 Å². The summed E-state index contributed by atoms with van der Waals surface area (Å²) in [5.74, 6) is 0.735. The Morgan fingerprint density at radius 1 is 1.21 bits per heavy atom. The van der Waals surface area contributed by atoms with Crippen LogP contribution in [0.25, 0.3) is 11.0 Å². The molecule has 1 N–H and O–H groups in total. The second kappa shape index (κ2) is 11.9. The molecule has 0 spiro atoms. The van der Waals surface area contributed by atoms with Crippen LogP contribution in [0.4, 0.5) is 4.39 Å². The summed E-state index contributed by atoms with van der Waals surface area (Å²) in [6.07, 6.45) is 4.07. The summed E-state index contributed by atoms with van der Waals surface area (Å²) in [4.78, 5) is 28.1. The van der Waals surface area contributed by atoms with E-state index in [9.17, 15) is 9.18 Å². The number of carbonyl (C=O) groups excluding carboxylic acids is 1. The molecule has 38 heavy (non-hydrogen) atoms. The summed E-state index contributed by atoms with van der Waals surface area (Å²) >= 11 is 0. The third-order valence-corrected chi connectivity index (χ3v) is 6.94. The van der Waals surface area contributed by atoms with E-state index in [4.69, 9.17) is 18.9 Å². The molecule has 10 nitrogen and oxygen atoms in total. The highest BCUT2D eigenvalue weighted by Gasteiger charge is 2.35. The largest absolute Gasteiger partial charge is 0.486 e. The van der Waals surface area contributed by atoms with E-state index in [1.54, 1.807) is 25.3 Å². The lowest BCUT2D eigenvalue weighted by Crippen LogP contribution is -2.52. The number of piperidine rings is 1. The first-order valence-electron chi connectivity index (χ1n) is 12.9. The molecular formula is C27H32FN5O5. The van der Waals surface area contributed by atoms with Gasteiger partial charge in [-0.3, -0.25) is 14.8 Å². The Labute approximate surface area is 220 Å². The van der Waals surface area contributed by atoms with E-state index in [1.165, 1.54) is 13.3 Å². The second-order valence-electron chi connectivity index (χ2n) is 9.31. The topological polar surface area (TPSA) is 108 Å². The number of nitrogens with zero attached hydrogens (tertiary/aromatic N) is 4. The first-order chi connectivity index (χ1) is 18.6. The summed E-state index contributed by atoms with van der Waals surface area (Å²) in [7, 11) is 1.53. The SMILES string of the molecule is CCOC(=O)[C@@H]1CN(CCc2c(F)cnc3ccc(OC)nc23)CC[C@@H]1NCc1cc2c(cn1)OCCO2. The summed E-state index contributed by atoms with van der Waals surface area (Å²) in [6, 6.07) is 5.27. The Bertz CT molecular complexity index is 1290. The lowest BCUT2D eigenvalue weighted by Gasteiger charge is -2.37. The van der Waals surface area contributed by atoms with Gasteiger partial charge in [0.15, 0.2) is 11.5 Å². The van der Waals surface area contributed by atoms with E-state index in [2.05, 4.69) is 25.2 Å². The average molecular weight is 526 g/mol. The molecule has 5 rings (SSSR count). The molecular weight excluding hydrogens is 493 g/mol. The molecule has 0 amide bonds. The first-order valence-corrected chi connectivity index (χ1v) is 12.9. The van der Waals surface area contributed by atoms with Crippen molar-refractivity contribution in [2.75, 3.05) is 46.6 Å². The molecule has 0 aliphatic carbocycles. The highest BCUT2D eigenvalue weighted by atomic mass is 19.1. The van der Waals surface area contributed by atoms with Gasteiger partial charge in [0.1, 0.15) is 19.0 Å². The summed E-state index contributed by atoms with van der Waals surface area (Å²) in [5.41, 5.74) is 2.41. The van der Waals surface area contributed by atoms with Gasteiger partial charge in [0.25, 0.3) is 0 Å². The van der Waals surface area contributed by atoms with Crippen molar-refractivity contribution in [3.05, 3.63) is 47.7 Å². The van der Waals surface area contributed by atoms with Crippen LogP contribution >= 0.6 is 0 Å². The van der Waals surface area contributed by atoms with E-state index in [-0.39, 0.29) is 17.9 Å². The van der Waals surface area contributed by atoms with Crippen molar-refractivity contribution >= 4 is 17.0 Å². The Balaban J connectivity index is 1.25. The summed E-state index contributed by atoms with van der Waals surface area (Å²) < 4.78 is 36.6. The number of hydrogen-bond acceptors (Lipinski definition) is 10. The standard InChI is InChI=1S/C27H32FN5O5/c1-3-36-27(34)19-16-33(8-6-18-20(28)14-31-22-4-5-25(35-2)32-26(18)22)9-7-21(19)30-13-17-12-23-24(15-29-17)38-11-10-37-23/h4-5,12,14-15,19,21,30H,3,6-11,13,16H2,1-2H3/t19-,21+/m1/s1. The summed E-state index contributed by atoms with van der Waals surface area (Å²) in [6.45, 7) is 5.46. The van der Waals surface area contributed by atoms with Crippen molar-refractivity contribution < 1.29 is 28.1 Å². The van der Waals surface area contributed by atoms with Crippen LogP contribution in [0.1, 0.15) is 24.6 Å². The molecule has 3 aromatic rings. The molecule has 0 aromatic carbocycles. The zero-order chi connectivity index (χ0) is 26.5. The minimum atomic E-state index is -0.399. The number of rotatable bonds is 9. The number of fused-ring (bicyclic) bond motifs is 2. The number of halogens is 1. The fourth-order valence-electron chi connectivity index (χ4n) is 4.98. The lowest BCUT2D eigenvalue weighted by molar-refractivity contribution is -0.151. The molecule has 0 saturated carbocycles. The maximum absolute atomic E-state index is 14.8. The number of aromatic nitrogens is 3. The van der Waals surface area contributed by atoms with Crippen molar-refractivity contribution in [1.82, 2.24) is 25.2 Å². The molecule has 0 unspecified atom stereocenters. The van der Waals surface area contributed by atoms with Gasteiger partial charge < -0.3 is 29.2 Å². The van der Waals surface area contributed by atoms with Gasteiger partial charge in [-0.2, -0.15) is 0 Å². The quantitative estimate of drug-likeness (QED) is 0.419. The van der Waals surface area contributed by atoms with E-state index >= 15 is 0 Å². The second-order valence-corrected chi connectivity index (χ2v) is 9.31. The van der Waals surface area contributed by atoms with E-state index < -0.39 is 5.82 Å². The molecule has 0 radical (unpaired) electrons. The molecule has 11 heteroatoms. The molecule has 2 atom stereocenters. The van der Waals surface area contributed by atoms with Gasteiger partial charge in [0, 0.05) is 43.4 Å². The highest BCUT2D eigenvalue weighted by molar-refractivity contribution is 5.78. The molecule has 1 fully saturated rings. The van der Waals surface area contributed by atoms with Crippen molar-refractivity contribution in [2.24, 2.45) is 5.92 Å². The minimum absolute atomic E-state index is 0.0790. The molecule has 5 heterocycles. The molecule has 0 bridgehead atoms. The smallest absolute Gasteiger partial charge is 0.311 e. The van der Waals surface area contributed by atoms with Crippen molar-refractivity contribution in [1.29, 1.82) is 0 Å². The summed E-state index contributed by atoms with van der Waals surface area (Å²) in [5, 5.41) is 3.50. The maximum atomic E-state index is 14.8. The van der Waals surface area contributed by atoms with Gasteiger partial charge in [-0.25, -0.2) is 9.37 Å². The van der Waals surface area contributed by atoms with E-state index in [1.807, 2.05) is 6.07 Å². The number of carbonyl (C=O) groups is 1. The van der Waals surface area contributed by atoms with Crippen LogP contribution < -0.4 is 19.5 Å². The zero-order valence-electron chi connectivity index (χ0n) is 21.6. The predicted octanol–water partition coefficient (Wildman–Crippen LogP) is 2.53. The van der Waals surface area contributed by atoms with Gasteiger partial charge >= 0.3 is 5.97 Å². The number of ether oxygens (including phenoxy) is 4. The van der Waals surface area contributed by atoms with Crippen LogP contribution in [0.15, 0.2) is 30.6 Å². The molecule has 2 aliphatic heterocycles. The van der Waals surface area contributed by atoms with Crippen molar-refractivity contribution in [3.8, 4) is 17.4 Å². The van der Waals surface area contributed by atoms with Crippen molar-refractivity contribution in [2.45, 2.75) is 32.4 Å². The van der Waals surface area contributed by atoms with Crippen LogP contribution in [-0.4, -0.2) is 78.4 Å². The fourth-order valence-corrected chi connectivity index (χ4v) is 4.98. The molecule has 202 valence electrons. The fraction of sp³-hybridized carbons (Fsp3) is 0.481. The van der Waals surface area contributed by atoms with Crippen LogP contribution in [0.5, 0.6) is 17.4 Å². The van der Waals surface area contributed by atoms with Crippen LogP contribution in [0, 0.1) is 11.7 Å². The van der Waals surface area contributed by atoms with Gasteiger partial charge in [-0.05, 0) is 32.4 Å². The highest BCUT2D eigenvalue weighted by Crippen LogP contribution is 2.29. The Kier molecular flexibility index (Phi) is 8.14. The monoisotopic (exact) mass is 525 g/mol. The Morgan fingerprint density at radius 2 is 2.05 bits per heavy atom. The number of likely N-dealkylation sites (tertiary alicyclic amines) is 1. The number of esters is 1. The van der Waals surface area contributed by atoms with Gasteiger partial charge in [0.2, 0.25) is 5.88 Å². The Morgan fingerprint density at radius 3 is 2.87 bits per heavy atom. The lowest BCUT2D eigenvalue weighted by atomic mass is 9.91. The minimum Gasteiger partial charge on any atom is -0.486 e. The maximum Gasteiger partial charge on any atom is 0.311 e. The number of nitrogens with one attached hydrogen (secondary N) is 1. The molecule has 2 aliphatic rings. The number of hydrogen-bond donors (Lipinski definition) is 1. The van der Waals surface area contributed by atoms with Gasteiger partial charge in [-0.15, -0.1) is 0 Å². The third-order valence-electron chi connectivity index (χ3n) is 6.94. The number of pyridine rings is 3. The Hall–Kier alpha value is -3.57. The van der Waals surface area contributed by atoms with E-state index in [0.717, 1.165) is 18.7 Å². The van der Waals surface area contributed by atoms with E-state index in [0.29, 0.717) is 79.9 Å². The van der Waals surface area contributed by atoms with Crippen LogP contribution in [0.3, 0.4) is 0 Å². The van der Waals surface area contributed by atoms with Gasteiger partial charge in [0.05, 0.1) is 48.8 Å². The average Bonchev–Trinajstić information content (AvgIpc) is 2.95.